The molecule has 3 aromatic rings. The molecule has 3 heterocycles. The van der Waals surface area contributed by atoms with Crippen LogP contribution in [0.5, 0.6) is 0 Å². The molecule has 2 amide bonds. The molecular formula is C18H16ClN5O2. The van der Waals surface area contributed by atoms with Crippen molar-refractivity contribution < 1.29 is 9.59 Å². The summed E-state index contributed by atoms with van der Waals surface area (Å²) < 4.78 is 1.65. The molecule has 0 radical (unpaired) electrons. The SMILES string of the molecule is O=C(NCc1cnn2cccnc12)[C@@H]1CC(=O)N(c2cccc(Cl)c2)C1. The summed E-state index contributed by atoms with van der Waals surface area (Å²) in [7, 11) is 0. The van der Waals surface area contributed by atoms with Crippen LogP contribution in [0.4, 0.5) is 5.69 Å². The predicted molar refractivity (Wildman–Crippen MR) is 96.7 cm³/mol. The van der Waals surface area contributed by atoms with E-state index in [1.54, 1.807) is 52.3 Å². The number of nitrogens with zero attached hydrogens (tertiary/aromatic N) is 4. The van der Waals surface area contributed by atoms with E-state index in [4.69, 9.17) is 11.6 Å². The Morgan fingerprint density at radius 3 is 3.08 bits per heavy atom. The van der Waals surface area contributed by atoms with Crippen molar-refractivity contribution in [3.05, 3.63) is 59.5 Å². The number of hydrogen-bond donors (Lipinski definition) is 1. The van der Waals surface area contributed by atoms with Gasteiger partial charge in [0.25, 0.3) is 0 Å². The number of nitrogens with one attached hydrogen (secondary N) is 1. The van der Waals surface area contributed by atoms with E-state index in [0.717, 1.165) is 5.56 Å². The summed E-state index contributed by atoms with van der Waals surface area (Å²) in [4.78, 5) is 30.7. The third-order valence-corrected chi connectivity index (χ3v) is 4.66. The van der Waals surface area contributed by atoms with Gasteiger partial charge < -0.3 is 10.2 Å². The van der Waals surface area contributed by atoms with Crippen LogP contribution in [0.3, 0.4) is 0 Å². The van der Waals surface area contributed by atoms with Gasteiger partial charge in [0, 0.05) is 48.2 Å². The average molecular weight is 370 g/mol. The number of hydrogen-bond acceptors (Lipinski definition) is 4. The highest BCUT2D eigenvalue weighted by Gasteiger charge is 2.35. The second-order valence-corrected chi connectivity index (χ2v) is 6.60. The lowest BCUT2D eigenvalue weighted by molar-refractivity contribution is -0.126. The van der Waals surface area contributed by atoms with E-state index in [1.165, 1.54) is 0 Å². The third-order valence-electron chi connectivity index (χ3n) is 4.42. The Hall–Kier alpha value is -2.93. The van der Waals surface area contributed by atoms with Gasteiger partial charge in [0.05, 0.1) is 12.1 Å². The van der Waals surface area contributed by atoms with Gasteiger partial charge in [0.15, 0.2) is 5.65 Å². The molecule has 0 unspecified atom stereocenters. The highest BCUT2D eigenvalue weighted by atomic mass is 35.5. The fourth-order valence-corrected chi connectivity index (χ4v) is 3.29. The normalized spacial score (nSPS) is 17.0. The number of aromatic nitrogens is 3. The first-order valence-corrected chi connectivity index (χ1v) is 8.60. The minimum absolute atomic E-state index is 0.0786. The van der Waals surface area contributed by atoms with Crippen LogP contribution < -0.4 is 10.2 Å². The Balaban J connectivity index is 1.42. The van der Waals surface area contributed by atoms with Crippen LogP contribution in [0.15, 0.2) is 48.9 Å². The van der Waals surface area contributed by atoms with Crippen LogP contribution >= 0.6 is 11.6 Å². The maximum Gasteiger partial charge on any atom is 0.227 e. The van der Waals surface area contributed by atoms with E-state index >= 15 is 0 Å². The number of benzene rings is 1. The fraction of sp³-hybridized carbons (Fsp3) is 0.222. The van der Waals surface area contributed by atoms with Crippen molar-refractivity contribution in [2.45, 2.75) is 13.0 Å². The summed E-state index contributed by atoms with van der Waals surface area (Å²) in [5.41, 5.74) is 2.25. The second-order valence-electron chi connectivity index (χ2n) is 6.16. The highest BCUT2D eigenvalue weighted by Crippen LogP contribution is 2.27. The zero-order chi connectivity index (χ0) is 18.1. The van der Waals surface area contributed by atoms with E-state index in [2.05, 4.69) is 15.4 Å². The molecule has 4 rings (SSSR count). The lowest BCUT2D eigenvalue weighted by Gasteiger charge is -2.17. The van der Waals surface area contributed by atoms with Crippen molar-refractivity contribution in [3.63, 3.8) is 0 Å². The molecule has 0 bridgehead atoms. The van der Waals surface area contributed by atoms with Gasteiger partial charge in [-0.25, -0.2) is 9.50 Å². The lowest BCUT2D eigenvalue weighted by Crippen LogP contribution is -2.32. The molecule has 2 aromatic heterocycles. The van der Waals surface area contributed by atoms with Crippen molar-refractivity contribution in [2.24, 2.45) is 5.92 Å². The minimum atomic E-state index is -0.392. The molecule has 132 valence electrons. The molecule has 1 aliphatic heterocycles. The summed E-state index contributed by atoms with van der Waals surface area (Å²) in [5, 5.41) is 7.64. The number of fused-ring (bicyclic) bond motifs is 1. The molecule has 0 spiro atoms. The summed E-state index contributed by atoms with van der Waals surface area (Å²) in [6, 6.07) is 8.87. The van der Waals surface area contributed by atoms with Gasteiger partial charge in [0.1, 0.15) is 0 Å². The first-order chi connectivity index (χ1) is 12.6. The van der Waals surface area contributed by atoms with Gasteiger partial charge in [-0.3, -0.25) is 9.59 Å². The van der Waals surface area contributed by atoms with Gasteiger partial charge in [0.2, 0.25) is 11.8 Å². The molecule has 0 aliphatic carbocycles. The summed E-state index contributed by atoms with van der Waals surface area (Å²) in [5.74, 6) is -0.625. The van der Waals surface area contributed by atoms with Gasteiger partial charge in [-0.05, 0) is 24.3 Å². The van der Waals surface area contributed by atoms with Crippen LogP contribution in [0, 0.1) is 5.92 Å². The first-order valence-electron chi connectivity index (χ1n) is 8.23. The zero-order valence-electron chi connectivity index (χ0n) is 13.8. The fourth-order valence-electron chi connectivity index (χ4n) is 3.10. The molecule has 1 fully saturated rings. The molecule has 26 heavy (non-hydrogen) atoms. The van der Waals surface area contributed by atoms with Crippen LogP contribution in [0.1, 0.15) is 12.0 Å². The Morgan fingerprint density at radius 2 is 2.23 bits per heavy atom. The van der Waals surface area contributed by atoms with Crippen LogP contribution in [0.25, 0.3) is 5.65 Å². The second kappa shape index (κ2) is 6.76. The average Bonchev–Trinajstić information content (AvgIpc) is 3.23. The van der Waals surface area contributed by atoms with E-state index in [-0.39, 0.29) is 18.2 Å². The molecule has 7 nitrogen and oxygen atoms in total. The number of anilines is 1. The maximum absolute atomic E-state index is 12.5. The molecule has 1 N–H and O–H groups in total. The van der Waals surface area contributed by atoms with Crippen LogP contribution in [-0.4, -0.2) is 33.0 Å². The monoisotopic (exact) mass is 369 g/mol. The van der Waals surface area contributed by atoms with Gasteiger partial charge in [-0.15, -0.1) is 0 Å². The molecule has 1 saturated heterocycles. The number of carbonyl (C=O) groups is 2. The number of carbonyl (C=O) groups excluding carboxylic acids is 2. The van der Waals surface area contributed by atoms with E-state index < -0.39 is 5.92 Å². The summed E-state index contributed by atoms with van der Waals surface area (Å²) in [6.45, 7) is 0.666. The first kappa shape index (κ1) is 16.5. The smallest absolute Gasteiger partial charge is 0.227 e. The standard InChI is InChI=1S/C18H16ClN5O2/c19-14-3-1-4-15(8-14)23-11-12(7-16(23)25)18(26)21-9-13-10-22-24-6-2-5-20-17(13)24/h1-6,8,10,12H,7,9,11H2,(H,21,26)/t12-/m1/s1. The Kier molecular flexibility index (Phi) is 4.30. The molecule has 1 aromatic carbocycles. The largest absolute Gasteiger partial charge is 0.352 e. The Bertz CT molecular complexity index is 986. The van der Waals surface area contributed by atoms with Crippen molar-refractivity contribution >= 4 is 34.7 Å². The molecule has 1 atom stereocenters. The third kappa shape index (κ3) is 3.13. The predicted octanol–water partition coefficient (Wildman–Crippen LogP) is 2.05. The van der Waals surface area contributed by atoms with Gasteiger partial charge in [-0.2, -0.15) is 5.10 Å². The van der Waals surface area contributed by atoms with Crippen LogP contribution in [-0.2, 0) is 16.1 Å². The highest BCUT2D eigenvalue weighted by molar-refractivity contribution is 6.31. The van der Waals surface area contributed by atoms with Crippen molar-refractivity contribution in [3.8, 4) is 0 Å². The molecular weight excluding hydrogens is 354 g/mol. The quantitative estimate of drug-likeness (QED) is 0.763. The maximum atomic E-state index is 12.5. The van der Waals surface area contributed by atoms with Gasteiger partial charge >= 0.3 is 0 Å². The van der Waals surface area contributed by atoms with E-state index in [1.807, 2.05) is 6.07 Å². The van der Waals surface area contributed by atoms with E-state index in [9.17, 15) is 9.59 Å². The summed E-state index contributed by atoms with van der Waals surface area (Å²) >= 11 is 5.99. The molecule has 0 saturated carbocycles. The topological polar surface area (TPSA) is 79.6 Å². The van der Waals surface area contributed by atoms with E-state index in [0.29, 0.717) is 29.4 Å². The Morgan fingerprint density at radius 1 is 1.35 bits per heavy atom. The Labute approximate surface area is 154 Å². The minimum Gasteiger partial charge on any atom is -0.352 e. The molecule has 8 heteroatoms. The molecule has 1 aliphatic rings. The van der Waals surface area contributed by atoms with Crippen LogP contribution in [0.2, 0.25) is 5.02 Å². The lowest BCUT2D eigenvalue weighted by atomic mass is 10.1. The van der Waals surface area contributed by atoms with Crippen molar-refractivity contribution in [1.82, 2.24) is 19.9 Å². The number of amides is 2. The zero-order valence-corrected chi connectivity index (χ0v) is 14.6. The van der Waals surface area contributed by atoms with Gasteiger partial charge in [-0.1, -0.05) is 17.7 Å². The number of halogens is 1. The summed E-state index contributed by atoms with van der Waals surface area (Å²) in [6.07, 6.45) is 5.35. The number of rotatable bonds is 4. The van der Waals surface area contributed by atoms with Crippen molar-refractivity contribution in [1.29, 1.82) is 0 Å². The van der Waals surface area contributed by atoms with Crippen molar-refractivity contribution in [2.75, 3.05) is 11.4 Å².